The summed E-state index contributed by atoms with van der Waals surface area (Å²) in [6, 6.07) is 12.9. The van der Waals surface area contributed by atoms with Crippen LogP contribution in [-0.4, -0.2) is 44.1 Å². The molecule has 0 unspecified atom stereocenters. The first kappa shape index (κ1) is 24.0. The van der Waals surface area contributed by atoms with Crippen molar-refractivity contribution < 1.29 is 17.9 Å². The fourth-order valence-electron chi connectivity index (χ4n) is 4.19. The summed E-state index contributed by atoms with van der Waals surface area (Å²) >= 11 is -2.08. The number of hydrogen-bond donors (Lipinski definition) is 0. The first-order valence-corrected chi connectivity index (χ1v) is 22.6. The summed E-state index contributed by atoms with van der Waals surface area (Å²) in [5, 5.41) is 1.19. The zero-order chi connectivity index (χ0) is 22.6. The summed E-state index contributed by atoms with van der Waals surface area (Å²) in [4.78, 5) is 19.6. The molecule has 1 aliphatic carbocycles. The van der Waals surface area contributed by atoms with E-state index in [2.05, 4.69) is 18.9 Å². The van der Waals surface area contributed by atoms with E-state index in [1.165, 1.54) is 6.08 Å². The third-order valence-corrected chi connectivity index (χ3v) is 11.5. The molecule has 0 radical (unpaired) electrons. The quantitative estimate of drug-likeness (QED) is 0.197. The molecule has 4 nitrogen and oxygen atoms in total. The van der Waals surface area contributed by atoms with Gasteiger partial charge in [0.2, 0.25) is 0 Å². The minimum atomic E-state index is -3.61. The van der Waals surface area contributed by atoms with Gasteiger partial charge in [-0.25, -0.2) is 0 Å². The molecule has 3 rings (SSSR count). The van der Waals surface area contributed by atoms with E-state index in [-0.39, 0.29) is 0 Å². The SMILES string of the molecule is CC(=[CH]/[Sn]([CH3])([CH3])[CH3])/C=C/C(=O)O[C@@H]1CCCC[C@H]1S(=O)(=O)c1ccc2ccccc2c1. The van der Waals surface area contributed by atoms with Gasteiger partial charge in [-0.3, -0.25) is 0 Å². The number of sulfone groups is 1. The summed E-state index contributed by atoms with van der Waals surface area (Å²) < 4.78 is 34.8. The first-order chi connectivity index (χ1) is 14.6. The Morgan fingerprint density at radius 2 is 1.68 bits per heavy atom. The number of allylic oxidation sites excluding steroid dienone is 2. The molecule has 6 heteroatoms. The third-order valence-electron chi connectivity index (χ3n) is 5.50. The van der Waals surface area contributed by atoms with Gasteiger partial charge in [-0.15, -0.1) is 0 Å². The summed E-state index contributed by atoms with van der Waals surface area (Å²) in [6.45, 7) is 1.99. The monoisotopic (exact) mass is 548 g/mol. The van der Waals surface area contributed by atoms with Gasteiger partial charge < -0.3 is 0 Å². The van der Waals surface area contributed by atoms with Crippen molar-refractivity contribution in [2.45, 2.75) is 63.7 Å². The molecule has 0 bridgehead atoms. The van der Waals surface area contributed by atoms with E-state index in [1.54, 1.807) is 18.2 Å². The molecule has 1 saturated carbocycles. The molecule has 0 spiro atoms. The fraction of sp³-hybridized carbons (Fsp3) is 0.400. The van der Waals surface area contributed by atoms with E-state index in [1.807, 2.05) is 37.3 Å². The average Bonchev–Trinajstić information content (AvgIpc) is 2.71. The second kappa shape index (κ2) is 9.90. The summed E-state index contributed by atoms with van der Waals surface area (Å²) in [6.07, 6.45) is 5.36. The van der Waals surface area contributed by atoms with Crippen LogP contribution in [0.4, 0.5) is 0 Å². The maximum absolute atomic E-state index is 13.4. The summed E-state index contributed by atoms with van der Waals surface area (Å²) in [5.41, 5.74) is 1.06. The standard InChI is InChI=1S/C22H23O4S.3CH3.Sn/c1-16(2)11-14-22(23)26-20-9-5-6-10-21(20)27(24,25)19-13-12-17-7-3-4-8-18(17)15-19;;;;/h1,3-4,7-8,11-15,20-21H,5-6,9-10H2,2H3;3*1H3;/b14-11+,16-1?;;;;/t20-,21-;;;;/m1..../s1. The molecule has 2 aromatic rings. The molecule has 0 heterocycles. The molecule has 1 aliphatic rings. The van der Waals surface area contributed by atoms with Gasteiger partial charge in [0, 0.05) is 0 Å². The Balaban J connectivity index is 1.79. The topological polar surface area (TPSA) is 60.4 Å². The number of hydrogen-bond acceptors (Lipinski definition) is 4. The Hall–Kier alpha value is -1.60. The Labute approximate surface area is 190 Å². The molecule has 31 heavy (non-hydrogen) atoms. The second-order valence-electron chi connectivity index (χ2n) is 9.44. The number of ether oxygens (including phenoxy) is 1. The van der Waals surface area contributed by atoms with E-state index >= 15 is 0 Å². The minimum absolute atomic E-state index is 0.297. The first-order valence-electron chi connectivity index (χ1n) is 10.9. The van der Waals surface area contributed by atoms with Crippen LogP contribution in [0.2, 0.25) is 14.8 Å². The molecule has 1 fully saturated rings. The van der Waals surface area contributed by atoms with Crippen molar-refractivity contribution in [1.29, 1.82) is 0 Å². The molecule has 166 valence electrons. The third kappa shape index (κ3) is 6.45. The number of esters is 1. The Kier molecular flexibility index (Phi) is 7.68. The van der Waals surface area contributed by atoms with E-state index < -0.39 is 45.5 Å². The molecule has 2 aromatic carbocycles. The molecular formula is C25H32O4SSn. The van der Waals surface area contributed by atoms with Gasteiger partial charge in [0.05, 0.1) is 0 Å². The van der Waals surface area contributed by atoms with Crippen LogP contribution >= 0.6 is 0 Å². The summed E-state index contributed by atoms with van der Waals surface area (Å²) in [5.74, 6) is -0.470. The van der Waals surface area contributed by atoms with Crippen LogP contribution in [0, 0.1) is 0 Å². The molecule has 0 aliphatic heterocycles. The van der Waals surface area contributed by atoms with E-state index in [0.29, 0.717) is 17.7 Å². The molecule has 0 N–H and O–H groups in total. The molecular weight excluding hydrogens is 515 g/mol. The molecule has 0 aromatic heterocycles. The van der Waals surface area contributed by atoms with Gasteiger partial charge in [0.25, 0.3) is 0 Å². The Morgan fingerprint density at radius 3 is 2.39 bits per heavy atom. The summed E-state index contributed by atoms with van der Waals surface area (Å²) in [7, 11) is -3.61. The predicted octanol–water partition coefficient (Wildman–Crippen LogP) is 5.85. The van der Waals surface area contributed by atoms with Crippen molar-refractivity contribution in [3.05, 3.63) is 64.3 Å². The Morgan fingerprint density at radius 1 is 1.00 bits per heavy atom. The number of benzene rings is 2. The second-order valence-corrected chi connectivity index (χ2v) is 25.9. The van der Waals surface area contributed by atoms with Gasteiger partial charge in [0.1, 0.15) is 0 Å². The number of fused-ring (bicyclic) bond motifs is 1. The van der Waals surface area contributed by atoms with E-state index in [0.717, 1.165) is 29.2 Å². The van der Waals surface area contributed by atoms with Crippen molar-refractivity contribution >= 4 is 45.0 Å². The molecule has 0 amide bonds. The van der Waals surface area contributed by atoms with Crippen LogP contribution in [0.5, 0.6) is 0 Å². The van der Waals surface area contributed by atoms with E-state index in [9.17, 15) is 13.2 Å². The van der Waals surface area contributed by atoms with E-state index in [4.69, 9.17) is 4.74 Å². The van der Waals surface area contributed by atoms with Gasteiger partial charge in [-0.2, -0.15) is 0 Å². The number of carbonyl (C=O) groups excluding carboxylic acids is 1. The van der Waals surface area contributed by atoms with Crippen LogP contribution in [0.25, 0.3) is 10.8 Å². The molecule has 0 saturated heterocycles. The predicted molar refractivity (Wildman–Crippen MR) is 130 cm³/mol. The fourth-order valence-corrected chi connectivity index (χ4v) is 10.3. The number of rotatable bonds is 6. The van der Waals surface area contributed by atoms with Crippen LogP contribution in [0.3, 0.4) is 0 Å². The van der Waals surface area contributed by atoms with Crippen LogP contribution < -0.4 is 0 Å². The maximum atomic E-state index is 13.4. The average molecular weight is 547 g/mol. The normalized spacial score (nSPS) is 20.8. The zero-order valence-corrected chi connectivity index (χ0v) is 22.5. The van der Waals surface area contributed by atoms with Crippen LogP contribution in [0.15, 0.2) is 69.2 Å². The van der Waals surface area contributed by atoms with Crippen molar-refractivity contribution in [2.75, 3.05) is 0 Å². The van der Waals surface area contributed by atoms with Crippen LogP contribution in [0.1, 0.15) is 32.6 Å². The van der Waals surface area contributed by atoms with Crippen molar-refractivity contribution in [3.8, 4) is 0 Å². The van der Waals surface area contributed by atoms with Crippen LogP contribution in [-0.2, 0) is 19.4 Å². The van der Waals surface area contributed by atoms with Gasteiger partial charge >= 0.3 is 161 Å². The van der Waals surface area contributed by atoms with Gasteiger partial charge in [-0.05, 0) is 5.39 Å². The van der Waals surface area contributed by atoms with Crippen molar-refractivity contribution in [1.82, 2.24) is 0 Å². The number of carbonyl (C=O) groups is 1. The van der Waals surface area contributed by atoms with Gasteiger partial charge in [-0.1, -0.05) is 24.3 Å². The zero-order valence-electron chi connectivity index (χ0n) is 18.8. The van der Waals surface area contributed by atoms with Crippen molar-refractivity contribution in [2.24, 2.45) is 0 Å². The van der Waals surface area contributed by atoms with Gasteiger partial charge in [0.15, 0.2) is 0 Å². The Bertz CT molecular complexity index is 1110. The molecule has 2 atom stereocenters. The van der Waals surface area contributed by atoms with Crippen molar-refractivity contribution in [3.63, 3.8) is 0 Å².